The molecule has 0 aromatic carbocycles. The van der Waals surface area contributed by atoms with E-state index in [1.807, 2.05) is 4.90 Å². The Morgan fingerprint density at radius 3 is 2.63 bits per heavy atom. The van der Waals surface area contributed by atoms with Gasteiger partial charge in [-0.25, -0.2) is 0 Å². The molecule has 0 unspecified atom stereocenters. The summed E-state index contributed by atoms with van der Waals surface area (Å²) in [6.07, 6.45) is 2.16. The molecule has 2 heterocycles. The van der Waals surface area contributed by atoms with Gasteiger partial charge in [-0.2, -0.15) is 4.98 Å². The topological polar surface area (TPSA) is 62.5 Å². The lowest BCUT2D eigenvalue weighted by atomic mass is 10.2. The van der Waals surface area contributed by atoms with E-state index in [4.69, 9.17) is 4.52 Å². The summed E-state index contributed by atoms with van der Waals surface area (Å²) in [6, 6.07) is 0. The SMILES string of the molecule is CCCN1CCN(C(=O)CCc2nc(C)no2)CC1. The highest BCUT2D eigenvalue weighted by Crippen LogP contribution is 2.07. The van der Waals surface area contributed by atoms with Gasteiger partial charge in [0.05, 0.1) is 0 Å². The largest absolute Gasteiger partial charge is 0.340 e. The van der Waals surface area contributed by atoms with E-state index >= 15 is 0 Å². The molecule has 0 spiro atoms. The fourth-order valence-corrected chi connectivity index (χ4v) is 2.35. The molecule has 19 heavy (non-hydrogen) atoms. The number of hydrogen-bond donors (Lipinski definition) is 0. The van der Waals surface area contributed by atoms with E-state index in [9.17, 15) is 4.79 Å². The number of aryl methyl sites for hydroxylation is 2. The zero-order valence-corrected chi connectivity index (χ0v) is 11.8. The van der Waals surface area contributed by atoms with Crippen LogP contribution in [0.5, 0.6) is 0 Å². The van der Waals surface area contributed by atoms with Gasteiger partial charge in [-0.15, -0.1) is 0 Å². The second kappa shape index (κ2) is 6.65. The van der Waals surface area contributed by atoms with Crippen LogP contribution in [0.2, 0.25) is 0 Å². The smallest absolute Gasteiger partial charge is 0.227 e. The molecule has 1 aromatic heterocycles. The summed E-state index contributed by atoms with van der Waals surface area (Å²) in [4.78, 5) is 20.5. The van der Waals surface area contributed by atoms with Gasteiger partial charge in [0, 0.05) is 39.0 Å². The molecule has 0 radical (unpaired) electrons. The average molecular weight is 266 g/mol. The monoisotopic (exact) mass is 266 g/mol. The van der Waals surface area contributed by atoms with E-state index in [2.05, 4.69) is 22.0 Å². The van der Waals surface area contributed by atoms with Crippen LogP contribution >= 0.6 is 0 Å². The van der Waals surface area contributed by atoms with Crippen molar-refractivity contribution in [2.24, 2.45) is 0 Å². The number of aromatic nitrogens is 2. The Morgan fingerprint density at radius 2 is 2.05 bits per heavy atom. The molecule has 0 saturated carbocycles. The maximum atomic E-state index is 12.1. The van der Waals surface area contributed by atoms with E-state index in [1.54, 1.807) is 6.92 Å². The number of amides is 1. The second-order valence-corrected chi connectivity index (χ2v) is 4.96. The lowest BCUT2D eigenvalue weighted by Gasteiger charge is -2.34. The fourth-order valence-electron chi connectivity index (χ4n) is 2.35. The van der Waals surface area contributed by atoms with Gasteiger partial charge in [-0.1, -0.05) is 12.1 Å². The Labute approximate surface area is 113 Å². The number of carbonyl (C=O) groups excluding carboxylic acids is 1. The van der Waals surface area contributed by atoms with E-state index < -0.39 is 0 Å². The zero-order valence-electron chi connectivity index (χ0n) is 11.8. The van der Waals surface area contributed by atoms with Crippen LogP contribution in [0.1, 0.15) is 31.5 Å². The molecule has 0 bridgehead atoms. The van der Waals surface area contributed by atoms with Crippen LogP contribution in [0, 0.1) is 6.92 Å². The fraction of sp³-hybridized carbons (Fsp3) is 0.769. The first-order chi connectivity index (χ1) is 9.19. The van der Waals surface area contributed by atoms with Crippen LogP contribution in [-0.2, 0) is 11.2 Å². The van der Waals surface area contributed by atoms with Crippen LogP contribution in [-0.4, -0.2) is 58.6 Å². The van der Waals surface area contributed by atoms with Gasteiger partial charge in [0.1, 0.15) is 0 Å². The molecule has 6 nitrogen and oxygen atoms in total. The molecule has 106 valence electrons. The molecule has 0 N–H and O–H groups in total. The minimum atomic E-state index is 0.187. The summed E-state index contributed by atoms with van der Waals surface area (Å²) < 4.78 is 5.01. The Bertz CT molecular complexity index is 411. The molecule has 0 atom stereocenters. The quantitative estimate of drug-likeness (QED) is 0.791. The number of nitrogens with zero attached hydrogens (tertiary/aromatic N) is 4. The number of piperazine rings is 1. The van der Waals surface area contributed by atoms with E-state index in [1.165, 1.54) is 6.42 Å². The van der Waals surface area contributed by atoms with Crippen LogP contribution in [0.15, 0.2) is 4.52 Å². The highest BCUT2D eigenvalue weighted by molar-refractivity contribution is 5.76. The molecule has 1 aliphatic rings. The summed E-state index contributed by atoms with van der Waals surface area (Å²) in [7, 11) is 0. The molecule has 0 aliphatic carbocycles. The van der Waals surface area contributed by atoms with Crippen molar-refractivity contribution in [1.82, 2.24) is 19.9 Å². The first-order valence-corrected chi connectivity index (χ1v) is 6.98. The summed E-state index contributed by atoms with van der Waals surface area (Å²) in [6.45, 7) is 8.73. The average Bonchev–Trinajstić information content (AvgIpc) is 2.83. The lowest BCUT2D eigenvalue weighted by molar-refractivity contribution is -0.133. The summed E-state index contributed by atoms with van der Waals surface area (Å²) >= 11 is 0. The van der Waals surface area contributed by atoms with Crippen molar-refractivity contribution in [3.63, 3.8) is 0 Å². The van der Waals surface area contributed by atoms with Crippen LogP contribution < -0.4 is 0 Å². The predicted octanol–water partition coefficient (Wildman–Crippen LogP) is 0.865. The van der Waals surface area contributed by atoms with Crippen molar-refractivity contribution in [1.29, 1.82) is 0 Å². The second-order valence-electron chi connectivity index (χ2n) is 4.96. The first kappa shape index (κ1) is 14.0. The summed E-state index contributed by atoms with van der Waals surface area (Å²) in [5, 5.41) is 3.72. The third-order valence-corrected chi connectivity index (χ3v) is 3.39. The van der Waals surface area contributed by atoms with Crippen LogP contribution in [0.3, 0.4) is 0 Å². The highest BCUT2D eigenvalue weighted by Gasteiger charge is 2.20. The van der Waals surface area contributed by atoms with Gasteiger partial charge >= 0.3 is 0 Å². The normalized spacial score (nSPS) is 16.8. The summed E-state index contributed by atoms with van der Waals surface area (Å²) in [5.74, 6) is 1.36. The maximum Gasteiger partial charge on any atom is 0.227 e. The standard InChI is InChI=1S/C13H22N4O2/c1-3-6-16-7-9-17(10-8-16)13(18)5-4-12-14-11(2)15-19-12/h3-10H2,1-2H3. The Morgan fingerprint density at radius 1 is 1.32 bits per heavy atom. The van der Waals surface area contributed by atoms with Crippen molar-refractivity contribution in [2.75, 3.05) is 32.7 Å². The Balaban J connectivity index is 1.72. The Kier molecular flexibility index (Phi) is 4.90. The Hall–Kier alpha value is -1.43. The zero-order chi connectivity index (χ0) is 13.7. The third-order valence-electron chi connectivity index (χ3n) is 3.39. The first-order valence-electron chi connectivity index (χ1n) is 6.98. The minimum absolute atomic E-state index is 0.187. The van der Waals surface area contributed by atoms with Crippen LogP contribution in [0.25, 0.3) is 0 Å². The van der Waals surface area contributed by atoms with E-state index in [0.29, 0.717) is 24.6 Å². The van der Waals surface area contributed by atoms with Crippen molar-refractivity contribution in [3.8, 4) is 0 Å². The maximum absolute atomic E-state index is 12.1. The highest BCUT2D eigenvalue weighted by atomic mass is 16.5. The van der Waals surface area contributed by atoms with Crippen molar-refractivity contribution < 1.29 is 9.32 Å². The van der Waals surface area contributed by atoms with Gasteiger partial charge in [0.15, 0.2) is 5.82 Å². The molecule has 1 aromatic rings. The minimum Gasteiger partial charge on any atom is -0.340 e. The number of rotatable bonds is 5. The molecule has 1 amide bonds. The molecule has 6 heteroatoms. The van der Waals surface area contributed by atoms with E-state index in [0.717, 1.165) is 32.7 Å². The van der Waals surface area contributed by atoms with Gasteiger partial charge in [0.25, 0.3) is 0 Å². The molecule has 1 fully saturated rings. The van der Waals surface area contributed by atoms with Gasteiger partial charge in [-0.05, 0) is 19.9 Å². The third kappa shape index (κ3) is 4.02. The molecule has 2 rings (SSSR count). The number of hydrogen-bond acceptors (Lipinski definition) is 5. The van der Waals surface area contributed by atoms with Gasteiger partial charge in [0.2, 0.25) is 11.8 Å². The molecular weight excluding hydrogens is 244 g/mol. The van der Waals surface area contributed by atoms with Crippen molar-refractivity contribution >= 4 is 5.91 Å². The van der Waals surface area contributed by atoms with Crippen molar-refractivity contribution in [3.05, 3.63) is 11.7 Å². The molecule has 1 aliphatic heterocycles. The van der Waals surface area contributed by atoms with Crippen molar-refractivity contribution in [2.45, 2.75) is 33.1 Å². The molecular formula is C13H22N4O2. The summed E-state index contributed by atoms with van der Waals surface area (Å²) in [5.41, 5.74) is 0. The van der Waals surface area contributed by atoms with Gasteiger partial charge in [-0.3, -0.25) is 9.69 Å². The number of carbonyl (C=O) groups is 1. The van der Waals surface area contributed by atoms with Crippen LogP contribution in [0.4, 0.5) is 0 Å². The van der Waals surface area contributed by atoms with Gasteiger partial charge < -0.3 is 9.42 Å². The molecule has 1 saturated heterocycles. The predicted molar refractivity (Wildman–Crippen MR) is 70.7 cm³/mol. The van der Waals surface area contributed by atoms with E-state index in [-0.39, 0.29) is 5.91 Å². The lowest BCUT2D eigenvalue weighted by Crippen LogP contribution is -2.48.